The van der Waals surface area contributed by atoms with Crippen LogP contribution >= 0.6 is 77.4 Å². The van der Waals surface area contributed by atoms with Gasteiger partial charge in [-0.2, -0.15) is 4.57 Å². The van der Waals surface area contributed by atoms with Crippen LogP contribution in [-0.2, 0) is 16.4 Å². The highest BCUT2D eigenvalue weighted by atomic mass is 35.5. The second-order valence-electron chi connectivity index (χ2n) is 8.60. The number of hydrogen-bond acceptors (Lipinski definition) is 4. The van der Waals surface area contributed by atoms with Crippen molar-refractivity contribution in [2.45, 2.75) is 32.6 Å². The van der Waals surface area contributed by atoms with Crippen LogP contribution in [0.2, 0.25) is 30.1 Å². The standard InChI is InChI=1S/C23H17Cl6O4P/c1-23(2,3)11-4-6-12(7-5-11)31-34(30)32-21-13(19(28)15(24)9-17(21)26)8-14-20(29)16(25)10-18(27)22(14)33-34/h4-7,9-10H,8H2,1-3H3. The minimum atomic E-state index is -4.42. The highest BCUT2D eigenvalue weighted by Crippen LogP contribution is 2.58. The van der Waals surface area contributed by atoms with E-state index in [9.17, 15) is 4.57 Å². The van der Waals surface area contributed by atoms with Gasteiger partial charge < -0.3 is 13.6 Å². The molecule has 0 saturated carbocycles. The Bertz CT molecular complexity index is 1270. The number of fused-ring (bicyclic) bond motifs is 2. The third kappa shape index (κ3) is 5.11. The third-order valence-corrected chi connectivity index (χ3v) is 8.60. The fraction of sp³-hybridized carbons (Fsp3) is 0.217. The normalized spacial score (nSPS) is 14.7. The van der Waals surface area contributed by atoms with Gasteiger partial charge in [-0.15, -0.1) is 0 Å². The summed E-state index contributed by atoms with van der Waals surface area (Å²) in [6, 6.07) is 9.81. The van der Waals surface area contributed by atoms with Crippen LogP contribution < -0.4 is 13.6 Å². The van der Waals surface area contributed by atoms with Crippen LogP contribution in [0.25, 0.3) is 0 Å². The predicted molar refractivity (Wildman–Crippen MR) is 140 cm³/mol. The largest absolute Gasteiger partial charge is 0.647 e. The summed E-state index contributed by atoms with van der Waals surface area (Å²) in [5, 5.41) is 0.759. The van der Waals surface area contributed by atoms with Crippen LogP contribution in [0.4, 0.5) is 0 Å². The number of rotatable bonds is 2. The summed E-state index contributed by atoms with van der Waals surface area (Å²) in [7, 11) is -4.42. The molecule has 3 aromatic carbocycles. The summed E-state index contributed by atoms with van der Waals surface area (Å²) in [6.07, 6.45) is 0.0448. The van der Waals surface area contributed by atoms with Crippen molar-refractivity contribution in [2.24, 2.45) is 0 Å². The smallest absolute Gasteiger partial charge is 0.386 e. The van der Waals surface area contributed by atoms with E-state index in [1.807, 2.05) is 12.1 Å². The molecule has 0 amide bonds. The monoisotopic (exact) mass is 598 g/mol. The maximum atomic E-state index is 13.9. The molecular formula is C23H17Cl6O4P. The number of phosphoric ester groups is 1. The summed E-state index contributed by atoms with van der Waals surface area (Å²) in [6.45, 7) is 6.23. The van der Waals surface area contributed by atoms with Crippen LogP contribution in [0.3, 0.4) is 0 Å². The van der Waals surface area contributed by atoms with E-state index in [0.29, 0.717) is 11.1 Å². The fourth-order valence-corrected chi connectivity index (χ4v) is 6.33. The van der Waals surface area contributed by atoms with Crippen molar-refractivity contribution in [3.8, 4) is 17.2 Å². The molecule has 0 atom stereocenters. The van der Waals surface area contributed by atoms with Gasteiger partial charge in [0.15, 0.2) is 11.5 Å². The molecule has 1 heterocycles. The first kappa shape index (κ1) is 26.1. The van der Waals surface area contributed by atoms with Gasteiger partial charge in [0, 0.05) is 17.5 Å². The SMILES string of the molecule is CC(C)(C)c1ccc(OP2(=O)Oc3c(Cl)cc(Cl)c(Cl)c3Cc3c(Cl)c(Cl)cc(Cl)c3O2)cc1. The Labute approximate surface area is 227 Å². The summed E-state index contributed by atoms with van der Waals surface area (Å²) in [4.78, 5) is 0. The van der Waals surface area contributed by atoms with Crippen molar-refractivity contribution in [1.82, 2.24) is 0 Å². The first-order valence-corrected chi connectivity index (χ1v) is 13.6. The zero-order valence-electron chi connectivity index (χ0n) is 18.0. The van der Waals surface area contributed by atoms with E-state index in [0.717, 1.165) is 5.56 Å². The Morgan fingerprint density at radius 3 is 1.62 bits per heavy atom. The van der Waals surface area contributed by atoms with Crippen LogP contribution in [0.15, 0.2) is 36.4 Å². The molecule has 0 fully saturated rings. The summed E-state index contributed by atoms with van der Waals surface area (Å²) < 4.78 is 31.2. The Morgan fingerprint density at radius 2 is 1.21 bits per heavy atom. The average molecular weight is 601 g/mol. The van der Waals surface area contributed by atoms with Gasteiger partial charge in [-0.3, -0.25) is 0 Å². The van der Waals surface area contributed by atoms with E-state index in [4.69, 9.17) is 83.2 Å². The minimum absolute atomic E-state index is 0.0106. The van der Waals surface area contributed by atoms with E-state index >= 15 is 0 Å². The van der Waals surface area contributed by atoms with E-state index in [1.54, 1.807) is 12.1 Å². The van der Waals surface area contributed by atoms with E-state index in [1.165, 1.54) is 12.1 Å². The van der Waals surface area contributed by atoms with Crippen molar-refractivity contribution >= 4 is 77.4 Å². The molecule has 0 aliphatic carbocycles. The van der Waals surface area contributed by atoms with Gasteiger partial charge in [0.05, 0.1) is 30.1 Å². The van der Waals surface area contributed by atoms with E-state index in [2.05, 4.69) is 20.8 Å². The predicted octanol–water partition coefficient (Wildman–Crippen LogP) is 10.5. The molecule has 34 heavy (non-hydrogen) atoms. The lowest BCUT2D eigenvalue weighted by atomic mass is 9.87. The zero-order chi connectivity index (χ0) is 25.0. The van der Waals surface area contributed by atoms with Crippen LogP contribution in [0, 0.1) is 0 Å². The molecular weight excluding hydrogens is 584 g/mol. The van der Waals surface area contributed by atoms with E-state index < -0.39 is 7.82 Å². The van der Waals surface area contributed by atoms with Crippen molar-refractivity contribution in [2.75, 3.05) is 0 Å². The summed E-state index contributed by atoms with van der Waals surface area (Å²) >= 11 is 38.2. The number of benzene rings is 3. The Balaban J connectivity index is 1.88. The molecule has 0 radical (unpaired) electrons. The van der Waals surface area contributed by atoms with Crippen LogP contribution in [0.5, 0.6) is 17.2 Å². The Kier molecular flexibility index (Phi) is 7.28. The molecule has 1 aliphatic heterocycles. The van der Waals surface area contributed by atoms with Gasteiger partial charge in [0.25, 0.3) is 0 Å². The first-order valence-electron chi connectivity index (χ1n) is 9.91. The minimum Gasteiger partial charge on any atom is -0.386 e. The van der Waals surface area contributed by atoms with Gasteiger partial charge in [-0.05, 0) is 35.2 Å². The first-order chi connectivity index (χ1) is 15.8. The molecule has 4 rings (SSSR count). The maximum Gasteiger partial charge on any atom is 0.647 e. The fourth-order valence-electron chi connectivity index (χ4n) is 3.37. The molecule has 0 spiro atoms. The Hall–Kier alpha value is -0.970. The lowest BCUT2D eigenvalue weighted by Gasteiger charge is -2.27. The Morgan fingerprint density at radius 1 is 0.765 bits per heavy atom. The van der Waals surface area contributed by atoms with Gasteiger partial charge in [-0.25, -0.2) is 0 Å². The average Bonchev–Trinajstić information content (AvgIpc) is 2.73. The number of halogens is 6. The number of hydrogen-bond donors (Lipinski definition) is 0. The molecule has 0 aromatic heterocycles. The highest BCUT2D eigenvalue weighted by molar-refractivity contribution is 7.49. The van der Waals surface area contributed by atoms with E-state index in [-0.39, 0.29) is 59.2 Å². The van der Waals surface area contributed by atoms with Crippen molar-refractivity contribution in [1.29, 1.82) is 0 Å². The van der Waals surface area contributed by atoms with Gasteiger partial charge in [-0.1, -0.05) is 103 Å². The van der Waals surface area contributed by atoms with Crippen molar-refractivity contribution in [3.63, 3.8) is 0 Å². The second kappa shape index (κ2) is 9.48. The van der Waals surface area contributed by atoms with Gasteiger partial charge in [0.2, 0.25) is 0 Å². The summed E-state index contributed by atoms with van der Waals surface area (Å²) in [5.74, 6) is 0.222. The molecule has 1 aliphatic rings. The topological polar surface area (TPSA) is 44.8 Å². The van der Waals surface area contributed by atoms with Gasteiger partial charge in [0.1, 0.15) is 5.75 Å². The number of phosphoric acid groups is 1. The second-order valence-corrected chi connectivity index (χ2v) is 12.4. The molecule has 11 heteroatoms. The zero-order valence-corrected chi connectivity index (χ0v) is 23.4. The van der Waals surface area contributed by atoms with Crippen LogP contribution in [0.1, 0.15) is 37.5 Å². The molecule has 4 nitrogen and oxygen atoms in total. The van der Waals surface area contributed by atoms with Crippen molar-refractivity contribution in [3.05, 3.63) is 83.2 Å². The molecule has 180 valence electrons. The molecule has 3 aromatic rings. The molecule has 0 bridgehead atoms. The molecule has 0 unspecified atom stereocenters. The lowest BCUT2D eigenvalue weighted by molar-refractivity contribution is 0.294. The molecule has 0 N–H and O–H groups in total. The maximum absolute atomic E-state index is 13.9. The lowest BCUT2D eigenvalue weighted by Crippen LogP contribution is -2.14. The van der Waals surface area contributed by atoms with Crippen molar-refractivity contribution < 1.29 is 18.1 Å². The van der Waals surface area contributed by atoms with Crippen LogP contribution in [-0.4, -0.2) is 0 Å². The molecule has 0 saturated heterocycles. The summed E-state index contributed by atoms with van der Waals surface area (Å²) in [5.41, 5.74) is 1.63. The van der Waals surface area contributed by atoms with Gasteiger partial charge >= 0.3 is 7.82 Å². The quantitative estimate of drug-likeness (QED) is 0.217. The highest BCUT2D eigenvalue weighted by Gasteiger charge is 2.40. The third-order valence-electron chi connectivity index (χ3n) is 5.14.